The lowest BCUT2D eigenvalue weighted by Gasteiger charge is -2.30. The minimum Gasteiger partial charge on any atom is -0.481 e. The highest BCUT2D eigenvalue weighted by Crippen LogP contribution is 2.32. The van der Waals surface area contributed by atoms with Gasteiger partial charge in [0.25, 0.3) is 0 Å². The van der Waals surface area contributed by atoms with Crippen LogP contribution >= 0.6 is 12.4 Å². The van der Waals surface area contributed by atoms with E-state index < -0.39 is 5.97 Å². The van der Waals surface area contributed by atoms with E-state index in [1.165, 1.54) is 22.3 Å². The van der Waals surface area contributed by atoms with E-state index in [0.29, 0.717) is 12.5 Å². The maximum Gasteiger partial charge on any atom is 0.307 e. The number of likely N-dealkylation sites (tertiary alicyclic amines) is 1. The Morgan fingerprint density at radius 3 is 2.26 bits per heavy atom. The summed E-state index contributed by atoms with van der Waals surface area (Å²) >= 11 is 0. The Morgan fingerprint density at radius 2 is 1.68 bits per heavy atom. The van der Waals surface area contributed by atoms with Crippen LogP contribution in [-0.2, 0) is 9.53 Å². The second kappa shape index (κ2) is 12.8. The highest BCUT2D eigenvalue weighted by atomic mass is 35.5. The standard InChI is InChI=1S/C26H35NO3.ClH/c1-20-9-3-5-12-23(20)25(24-13-6-4-10-21(24)2)14-18-30-17-8-16-27-15-7-11-22(19-27)26(28)29;/h3-6,9-10,12-13,22,25H,7-8,11,14-19H2,1-2H3,(H,28,29);1H. The Morgan fingerprint density at radius 1 is 1.06 bits per heavy atom. The van der Waals surface area contributed by atoms with Crippen LogP contribution in [0.15, 0.2) is 48.5 Å². The van der Waals surface area contributed by atoms with Gasteiger partial charge in [-0.15, -0.1) is 12.4 Å². The molecular formula is C26H36ClNO3. The van der Waals surface area contributed by atoms with E-state index in [1.807, 2.05) is 0 Å². The zero-order valence-corrected chi connectivity index (χ0v) is 19.6. The number of hydrogen-bond acceptors (Lipinski definition) is 3. The van der Waals surface area contributed by atoms with Crippen LogP contribution in [0, 0.1) is 19.8 Å². The predicted molar refractivity (Wildman–Crippen MR) is 128 cm³/mol. The predicted octanol–water partition coefficient (Wildman–Crippen LogP) is 5.45. The first-order valence-electron chi connectivity index (χ1n) is 11.2. The third-order valence-electron chi connectivity index (χ3n) is 6.30. The van der Waals surface area contributed by atoms with Crippen LogP contribution in [0.4, 0.5) is 0 Å². The lowest BCUT2D eigenvalue weighted by Crippen LogP contribution is -2.39. The smallest absolute Gasteiger partial charge is 0.307 e. The molecule has 2 aromatic carbocycles. The van der Waals surface area contributed by atoms with Crippen molar-refractivity contribution in [2.45, 2.75) is 45.4 Å². The van der Waals surface area contributed by atoms with E-state index in [9.17, 15) is 9.90 Å². The third kappa shape index (κ3) is 7.34. The van der Waals surface area contributed by atoms with Gasteiger partial charge in [-0.2, -0.15) is 0 Å². The van der Waals surface area contributed by atoms with Crippen LogP contribution in [0.3, 0.4) is 0 Å². The van der Waals surface area contributed by atoms with Crippen molar-refractivity contribution in [2.75, 3.05) is 32.8 Å². The monoisotopic (exact) mass is 445 g/mol. The number of carboxylic acid groups (broad SMARTS) is 1. The van der Waals surface area contributed by atoms with Crippen molar-refractivity contribution in [3.05, 3.63) is 70.8 Å². The molecule has 1 N–H and O–H groups in total. The topological polar surface area (TPSA) is 49.8 Å². The fourth-order valence-corrected chi connectivity index (χ4v) is 4.59. The molecule has 0 aromatic heterocycles. The van der Waals surface area contributed by atoms with Gasteiger partial charge < -0.3 is 14.7 Å². The summed E-state index contributed by atoms with van der Waals surface area (Å²) in [6.45, 7) is 8.43. The number of nitrogens with zero attached hydrogens (tertiary/aromatic N) is 1. The highest BCUT2D eigenvalue weighted by Gasteiger charge is 2.24. The van der Waals surface area contributed by atoms with Gasteiger partial charge in [0.1, 0.15) is 0 Å². The Kier molecular flexibility index (Phi) is 10.5. The summed E-state index contributed by atoms with van der Waals surface area (Å²) in [5.74, 6) is -0.524. The average molecular weight is 446 g/mol. The van der Waals surface area contributed by atoms with E-state index >= 15 is 0 Å². The molecule has 0 amide bonds. The molecule has 0 aliphatic carbocycles. The van der Waals surface area contributed by atoms with Gasteiger partial charge in [0.2, 0.25) is 0 Å². The minimum absolute atomic E-state index is 0. The van der Waals surface area contributed by atoms with Crippen molar-refractivity contribution in [1.82, 2.24) is 4.90 Å². The summed E-state index contributed by atoms with van der Waals surface area (Å²) in [5, 5.41) is 9.23. The second-order valence-corrected chi connectivity index (χ2v) is 8.50. The lowest BCUT2D eigenvalue weighted by atomic mass is 9.84. The molecular weight excluding hydrogens is 410 g/mol. The van der Waals surface area contributed by atoms with Crippen molar-refractivity contribution >= 4 is 18.4 Å². The summed E-state index contributed by atoms with van der Waals surface area (Å²) in [6.07, 6.45) is 3.69. The Hall–Kier alpha value is -1.88. The first-order valence-corrected chi connectivity index (χ1v) is 11.2. The molecule has 1 aliphatic rings. The second-order valence-electron chi connectivity index (χ2n) is 8.50. The van der Waals surface area contributed by atoms with Crippen molar-refractivity contribution in [1.29, 1.82) is 0 Å². The highest BCUT2D eigenvalue weighted by molar-refractivity contribution is 5.85. The Labute approximate surface area is 193 Å². The largest absolute Gasteiger partial charge is 0.481 e. The van der Waals surface area contributed by atoms with Crippen molar-refractivity contribution in [2.24, 2.45) is 5.92 Å². The van der Waals surface area contributed by atoms with Gasteiger partial charge in [0.15, 0.2) is 0 Å². The molecule has 1 unspecified atom stereocenters. The third-order valence-corrected chi connectivity index (χ3v) is 6.30. The number of hydrogen-bond donors (Lipinski definition) is 1. The van der Waals surface area contributed by atoms with Crippen molar-refractivity contribution < 1.29 is 14.6 Å². The molecule has 0 saturated carbocycles. The zero-order chi connectivity index (χ0) is 21.3. The Balaban J connectivity index is 0.00000341. The minimum atomic E-state index is -0.658. The summed E-state index contributed by atoms with van der Waals surface area (Å²) < 4.78 is 6.01. The van der Waals surface area contributed by atoms with E-state index in [-0.39, 0.29) is 18.3 Å². The molecule has 5 heteroatoms. The SMILES string of the molecule is Cc1ccccc1C(CCOCCCN1CCCC(C(=O)O)C1)c1ccccc1C.Cl. The maximum atomic E-state index is 11.2. The van der Waals surface area contributed by atoms with Crippen LogP contribution in [0.1, 0.15) is 53.9 Å². The van der Waals surface area contributed by atoms with Gasteiger partial charge in [-0.3, -0.25) is 4.79 Å². The summed E-state index contributed by atoms with van der Waals surface area (Å²) in [4.78, 5) is 13.5. The van der Waals surface area contributed by atoms with E-state index in [4.69, 9.17) is 4.74 Å². The van der Waals surface area contributed by atoms with Crippen LogP contribution in [0.5, 0.6) is 0 Å². The molecule has 1 fully saturated rings. The maximum absolute atomic E-state index is 11.2. The van der Waals surface area contributed by atoms with Crippen LogP contribution in [0.25, 0.3) is 0 Å². The summed E-state index contributed by atoms with van der Waals surface area (Å²) in [6, 6.07) is 17.3. The molecule has 0 bridgehead atoms. The fraction of sp³-hybridized carbons (Fsp3) is 0.500. The number of carbonyl (C=O) groups is 1. The number of halogens is 1. The van der Waals surface area contributed by atoms with Gasteiger partial charge in [0, 0.05) is 32.2 Å². The quantitative estimate of drug-likeness (QED) is 0.494. The Bertz CT molecular complexity index is 780. The number of benzene rings is 2. The fourth-order valence-electron chi connectivity index (χ4n) is 4.59. The summed E-state index contributed by atoms with van der Waals surface area (Å²) in [5.41, 5.74) is 5.40. The van der Waals surface area contributed by atoms with Crippen LogP contribution in [-0.4, -0.2) is 48.8 Å². The lowest BCUT2D eigenvalue weighted by molar-refractivity contribution is -0.143. The number of piperidine rings is 1. The van der Waals surface area contributed by atoms with Crippen molar-refractivity contribution in [3.8, 4) is 0 Å². The van der Waals surface area contributed by atoms with Gasteiger partial charge in [-0.25, -0.2) is 0 Å². The first-order chi connectivity index (χ1) is 14.6. The van der Waals surface area contributed by atoms with Crippen molar-refractivity contribution in [3.63, 3.8) is 0 Å². The van der Waals surface area contributed by atoms with Crippen LogP contribution in [0.2, 0.25) is 0 Å². The number of aliphatic carboxylic acids is 1. The molecule has 4 nitrogen and oxygen atoms in total. The number of rotatable bonds is 10. The normalized spacial score (nSPS) is 16.8. The molecule has 2 aromatic rings. The average Bonchev–Trinajstić information content (AvgIpc) is 2.75. The van der Waals surface area contributed by atoms with E-state index in [0.717, 1.165) is 52.0 Å². The first kappa shape index (κ1) is 25.4. The molecule has 1 saturated heterocycles. The number of aryl methyl sites for hydroxylation is 2. The van der Waals surface area contributed by atoms with E-state index in [1.54, 1.807) is 0 Å². The number of ether oxygens (including phenoxy) is 1. The summed E-state index contributed by atoms with van der Waals surface area (Å²) in [7, 11) is 0. The molecule has 0 spiro atoms. The zero-order valence-electron chi connectivity index (χ0n) is 18.8. The van der Waals surface area contributed by atoms with E-state index in [2.05, 4.69) is 67.3 Å². The molecule has 3 rings (SSSR count). The molecule has 1 aliphatic heterocycles. The molecule has 1 atom stereocenters. The number of carboxylic acids is 1. The molecule has 170 valence electrons. The molecule has 31 heavy (non-hydrogen) atoms. The van der Waals surface area contributed by atoms with Gasteiger partial charge >= 0.3 is 5.97 Å². The van der Waals surface area contributed by atoms with Gasteiger partial charge in [-0.05, 0) is 68.3 Å². The molecule has 1 heterocycles. The van der Waals surface area contributed by atoms with Crippen LogP contribution < -0.4 is 0 Å². The molecule has 0 radical (unpaired) electrons. The van der Waals surface area contributed by atoms with Gasteiger partial charge in [0.05, 0.1) is 5.92 Å². The van der Waals surface area contributed by atoms with Gasteiger partial charge in [-0.1, -0.05) is 48.5 Å².